The number of rotatable bonds is 7. The predicted molar refractivity (Wildman–Crippen MR) is 103 cm³/mol. The molecule has 0 saturated carbocycles. The highest BCUT2D eigenvalue weighted by Crippen LogP contribution is 2.16. The van der Waals surface area contributed by atoms with Crippen LogP contribution >= 0.6 is 0 Å². The number of hydrogen-bond acceptors (Lipinski definition) is 3. The lowest BCUT2D eigenvalue weighted by Gasteiger charge is -2.11. The summed E-state index contributed by atoms with van der Waals surface area (Å²) < 4.78 is 12.4. The van der Waals surface area contributed by atoms with E-state index in [9.17, 15) is 9.00 Å². The lowest BCUT2D eigenvalue weighted by molar-refractivity contribution is -0.116. The first-order valence-electron chi connectivity index (χ1n) is 8.70. The molecule has 0 spiro atoms. The average Bonchev–Trinajstić information content (AvgIpc) is 3.08. The summed E-state index contributed by atoms with van der Waals surface area (Å²) in [6, 6.07) is 17.8. The van der Waals surface area contributed by atoms with Gasteiger partial charge in [0.15, 0.2) is 0 Å². The molecule has 1 aliphatic heterocycles. The highest BCUT2D eigenvalue weighted by molar-refractivity contribution is 7.83. The summed E-state index contributed by atoms with van der Waals surface area (Å²) in [5.74, 6) is 1.06. The highest BCUT2D eigenvalue weighted by Gasteiger charge is 2.17. The van der Waals surface area contributed by atoms with Crippen LogP contribution in [0.2, 0.25) is 0 Å². The van der Waals surface area contributed by atoms with Gasteiger partial charge in [-0.1, -0.05) is 42.5 Å². The molecule has 25 heavy (non-hydrogen) atoms. The first-order chi connectivity index (χ1) is 12.2. The molecule has 1 saturated heterocycles. The Morgan fingerprint density at radius 2 is 1.84 bits per heavy atom. The van der Waals surface area contributed by atoms with Gasteiger partial charge in [-0.15, -0.1) is 0 Å². The van der Waals surface area contributed by atoms with E-state index in [1.54, 1.807) is 0 Å². The van der Waals surface area contributed by atoms with Crippen molar-refractivity contribution in [1.82, 2.24) is 5.32 Å². The van der Waals surface area contributed by atoms with Crippen LogP contribution in [0, 0.1) is 0 Å². The van der Waals surface area contributed by atoms with Crippen molar-refractivity contribution in [1.29, 1.82) is 0 Å². The third kappa shape index (κ3) is 5.80. The van der Waals surface area contributed by atoms with Gasteiger partial charge in [0, 0.05) is 40.5 Å². The van der Waals surface area contributed by atoms with Crippen molar-refractivity contribution in [3.8, 4) is 0 Å². The van der Waals surface area contributed by atoms with Crippen molar-refractivity contribution in [2.75, 3.05) is 11.9 Å². The van der Waals surface area contributed by atoms with Crippen LogP contribution in [0.4, 0.5) is 5.69 Å². The normalized spacial score (nSPS) is 18.0. The maximum atomic E-state index is 12.4. The summed E-state index contributed by atoms with van der Waals surface area (Å²) in [4.78, 5) is 12.1. The van der Waals surface area contributed by atoms with E-state index in [-0.39, 0.29) is 5.91 Å². The molecule has 2 N–H and O–H groups in total. The smallest absolute Gasteiger partial charge is 0.225 e. The molecule has 3 rings (SSSR count). The van der Waals surface area contributed by atoms with Gasteiger partial charge < -0.3 is 10.6 Å². The molecule has 0 aromatic heterocycles. The Kier molecular flexibility index (Phi) is 6.36. The maximum Gasteiger partial charge on any atom is 0.225 e. The van der Waals surface area contributed by atoms with E-state index < -0.39 is 10.8 Å². The summed E-state index contributed by atoms with van der Waals surface area (Å²) in [7, 11) is -0.969. The second kappa shape index (κ2) is 8.92. The predicted octanol–water partition coefficient (Wildman–Crippen LogP) is 3.22. The van der Waals surface area contributed by atoms with E-state index in [4.69, 9.17) is 0 Å². The molecular formula is C20H24N2O2S. The lowest BCUT2D eigenvalue weighted by Crippen LogP contribution is -2.27. The second-order valence-corrected chi connectivity index (χ2v) is 7.92. The van der Waals surface area contributed by atoms with E-state index in [1.807, 2.05) is 54.6 Å². The number of carbonyl (C=O) groups is 1. The largest absolute Gasteiger partial charge is 0.326 e. The number of anilines is 1. The van der Waals surface area contributed by atoms with Crippen LogP contribution in [0.1, 0.15) is 30.4 Å². The van der Waals surface area contributed by atoms with Gasteiger partial charge in [0.05, 0.1) is 0 Å². The number of nitrogens with one attached hydrogen (secondary N) is 2. The molecule has 2 aromatic carbocycles. The van der Waals surface area contributed by atoms with Crippen LogP contribution in [-0.4, -0.2) is 22.7 Å². The molecule has 5 heteroatoms. The van der Waals surface area contributed by atoms with Crippen molar-refractivity contribution in [3.63, 3.8) is 0 Å². The van der Waals surface area contributed by atoms with Crippen molar-refractivity contribution in [2.45, 2.75) is 36.8 Å². The number of benzene rings is 2. The summed E-state index contributed by atoms with van der Waals surface area (Å²) in [6.07, 6.45) is 2.71. The minimum Gasteiger partial charge on any atom is -0.326 e. The van der Waals surface area contributed by atoms with Crippen molar-refractivity contribution < 1.29 is 9.00 Å². The van der Waals surface area contributed by atoms with E-state index in [0.29, 0.717) is 24.0 Å². The molecule has 2 atom stereocenters. The number of amides is 1. The minimum atomic E-state index is -0.969. The molecule has 0 aliphatic carbocycles. The Morgan fingerprint density at radius 3 is 2.60 bits per heavy atom. The molecule has 4 nitrogen and oxygen atoms in total. The molecular weight excluding hydrogens is 332 g/mol. The molecule has 132 valence electrons. The third-order valence-electron chi connectivity index (χ3n) is 4.30. The number of hydrogen-bond donors (Lipinski definition) is 2. The van der Waals surface area contributed by atoms with Gasteiger partial charge in [-0.05, 0) is 42.6 Å². The fourth-order valence-electron chi connectivity index (χ4n) is 3.10. The average molecular weight is 356 g/mol. The standard InChI is InChI=1S/C20H24N2O2S/c23-20(13-18-10-5-11-21-18)22-19-9-4-8-17(12-19)15-25(24)14-16-6-2-1-3-7-16/h1-4,6-9,12,18,21H,5,10-11,13-15H2,(H,22,23). The molecule has 2 aromatic rings. The van der Waals surface area contributed by atoms with Crippen LogP contribution in [0.5, 0.6) is 0 Å². The van der Waals surface area contributed by atoms with Crippen LogP contribution in [0.15, 0.2) is 54.6 Å². The van der Waals surface area contributed by atoms with Gasteiger partial charge in [0.25, 0.3) is 0 Å². The van der Waals surface area contributed by atoms with E-state index in [2.05, 4.69) is 10.6 Å². The minimum absolute atomic E-state index is 0.0296. The summed E-state index contributed by atoms with van der Waals surface area (Å²) in [5.41, 5.74) is 2.83. The first-order valence-corrected chi connectivity index (χ1v) is 10.2. The van der Waals surface area contributed by atoms with Gasteiger partial charge in [0.2, 0.25) is 5.91 Å². The quantitative estimate of drug-likeness (QED) is 0.801. The zero-order valence-corrected chi connectivity index (χ0v) is 15.1. The van der Waals surface area contributed by atoms with E-state index >= 15 is 0 Å². The molecule has 0 radical (unpaired) electrons. The Hall–Kier alpha value is -1.98. The van der Waals surface area contributed by atoms with Gasteiger partial charge in [-0.2, -0.15) is 0 Å². The second-order valence-electron chi connectivity index (χ2n) is 6.46. The van der Waals surface area contributed by atoms with Gasteiger partial charge in [-0.3, -0.25) is 9.00 Å². The molecule has 2 unspecified atom stereocenters. The van der Waals surface area contributed by atoms with Gasteiger partial charge >= 0.3 is 0 Å². The van der Waals surface area contributed by atoms with Gasteiger partial charge in [0.1, 0.15) is 0 Å². The van der Waals surface area contributed by atoms with Crippen LogP contribution in [0.3, 0.4) is 0 Å². The molecule has 1 heterocycles. The van der Waals surface area contributed by atoms with Crippen molar-refractivity contribution in [2.24, 2.45) is 0 Å². The fourth-order valence-corrected chi connectivity index (χ4v) is 4.32. The first kappa shape index (κ1) is 17.8. The van der Waals surface area contributed by atoms with Crippen LogP contribution in [0.25, 0.3) is 0 Å². The lowest BCUT2D eigenvalue weighted by atomic mass is 10.1. The Balaban J connectivity index is 1.53. The zero-order valence-electron chi connectivity index (χ0n) is 14.2. The van der Waals surface area contributed by atoms with Crippen molar-refractivity contribution in [3.05, 3.63) is 65.7 Å². The van der Waals surface area contributed by atoms with Crippen LogP contribution in [-0.2, 0) is 27.1 Å². The Bertz CT molecular complexity index is 727. The fraction of sp³-hybridized carbons (Fsp3) is 0.350. The molecule has 1 amide bonds. The third-order valence-corrected chi connectivity index (χ3v) is 5.61. The Morgan fingerprint density at radius 1 is 1.08 bits per heavy atom. The SMILES string of the molecule is O=C(CC1CCCN1)Nc1cccc(CS(=O)Cc2ccccc2)c1. The van der Waals surface area contributed by atoms with E-state index in [1.165, 1.54) is 0 Å². The molecule has 0 bridgehead atoms. The zero-order chi connectivity index (χ0) is 17.5. The topological polar surface area (TPSA) is 58.2 Å². The van der Waals surface area contributed by atoms with Crippen LogP contribution < -0.4 is 10.6 Å². The van der Waals surface area contributed by atoms with E-state index in [0.717, 1.165) is 36.2 Å². The summed E-state index contributed by atoms with van der Waals surface area (Å²) in [5, 5.41) is 6.29. The van der Waals surface area contributed by atoms with Gasteiger partial charge in [-0.25, -0.2) is 0 Å². The Labute approximate surface area is 151 Å². The molecule has 1 aliphatic rings. The monoisotopic (exact) mass is 356 g/mol. The molecule has 1 fully saturated rings. The summed E-state index contributed by atoms with van der Waals surface area (Å²) in [6.45, 7) is 1.00. The maximum absolute atomic E-state index is 12.4. The summed E-state index contributed by atoms with van der Waals surface area (Å²) >= 11 is 0. The highest BCUT2D eigenvalue weighted by atomic mass is 32.2. The number of carbonyl (C=O) groups excluding carboxylic acids is 1. The van der Waals surface area contributed by atoms with Crippen molar-refractivity contribution >= 4 is 22.4 Å².